The van der Waals surface area contributed by atoms with E-state index in [0.29, 0.717) is 11.3 Å². The van der Waals surface area contributed by atoms with Crippen molar-refractivity contribution in [3.63, 3.8) is 0 Å². The maximum atomic E-state index is 12.9. The van der Waals surface area contributed by atoms with Crippen LogP contribution in [0.25, 0.3) is 5.69 Å². The minimum absolute atomic E-state index is 0.149. The van der Waals surface area contributed by atoms with Crippen molar-refractivity contribution in [2.24, 2.45) is 0 Å². The highest BCUT2D eigenvalue weighted by Gasteiger charge is 2.10. The third kappa shape index (κ3) is 1.77. The number of aryl methyl sites for hydroxylation is 1. The van der Waals surface area contributed by atoms with Gasteiger partial charge in [0.05, 0.1) is 11.9 Å². The molecule has 1 N–H and O–H groups in total. The van der Waals surface area contributed by atoms with Crippen LogP contribution >= 0.6 is 0 Å². The van der Waals surface area contributed by atoms with Crippen LogP contribution in [0.5, 0.6) is 0 Å². The van der Waals surface area contributed by atoms with E-state index in [1.54, 1.807) is 6.92 Å². The molecule has 82 valence electrons. The van der Waals surface area contributed by atoms with Gasteiger partial charge in [0.25, 0.3) is 0 Å². The van der Waals surface area contributed by atoms with Gasteiger partial charge in [0.15, 0.2) is 5.69 Å². The summed E-state index contributed by atoms with van der Waals surface area (Å²) < 4.78 is 12.9. The Morgan fingerprint density at radius 1 is 1.50 bits per heavy atom. The molecule has 0 saturated carbocycles. The highest BCUT2D eigenvalue weighted by atomic mass is 19.1. The van der Waals surface area contributed by atoms with Crippen LogP contribution in [0.2, 0.25) is 0 Å². The maximum absolute atomic E-state index is 12.9. The van der Waals surface area contributed by atoms with Gasteiger partial charge in [-0.3, -0.25) is 0 Å². The topological polar surface area (TPSA) is 68.0 Å². The van der Waals surface area contributed by atoms with Gasteiger partial charge in [-0.15, -0.1) is 5.10 Å². The van der Waals surface area contributed by atoms with Crippen molar-refractivity contribution < 1.29 is 14.3 Å². The number of carboxylic acid groups (broad SMARTS) is 1. The summed E-state index contributed by atoms with van der Waals surface area (Å²) in [5, 5.41) is 16.2. The molecule has 6 heteroatoms. The van der Waals surface area contributed by atoms with Gasteiger partial charge < -0.3 is 5.11 Å². The molecular formula is C10H8FN3O2. The highest BCUT2D eigenvalue weighted by Crippen LogP contribution is 2.13. The molecule has 0 aliphatic heterocycles. The first-order valence-corrected chi connectivity index (χ1v) is 4.50. The molecule has 0 atom stereocenters. The third-order valence-electron chi connectivity index (χ3n) is 2.09. The SMILES string of the molecule is Cc1cc(F)ccc1-n1ncc(C(=O)O)n1. The molecule has 2 rings (SSSR count). The molecule has 2 aromatic rings. The van der Waals surface area contributed by atoms with Gasteiger partial charge in [0.1, 0.15) is 5.82 Å². The van der Waals surface area contributed by atoms with Crippen LogP contribution in [0.4, 0.5) is 4.39 Å². The number of carbonyl (C=O) groups is 1. The Balaban J connectivity index is 2.46. The number of nitrogens with zero attached hydrogens (tertiary/aromatic N) is 3. The number of hydrogen-bond acceptors (Lipinski definition) is 3. The zero-order valence-corrected chi connectivity index (χ0v) is 8.38. The van der Waals surface area contributed by atoms with Crippen molar-refractivity contribution in [3.8, 4) is 5.69 Å². The van der Waals surface area contributed by atoms with E-state index in [1.165, 1.54) is 18.2 Å². The Morgan fingerprint density at radius 3 is 2.81 bits per heavy atom. The molecule has 0 saturated heterocycles. The number of halogens is 1. The number of rotatable bonds is 2. The molecule has 0 aliphatic rings. The van der Waals surface area contributed by atoms with Gasteiger partial charge >= 0.3 is 5.97 Å². The van der Waals surface area contributed by atoms with Crippen LogP contribution in [0, 0.1) is 12.7 Å². The zero-order valence-electron chi connectivity index (χ0n) is 8.38. The van der Waals surface area contributed by atoms with Gasteiger partial charge in [0, 0.05) is 0 Å². The zero-order chi connectivity index (χ0) is 11.7. The molecule has 1 aromatic carbocycles. The van der Waals surface area contributed by atoms with E-state index in [2.05, 4.69) is 10.2 Å². The molecular weight excluding hydrogens is 213 g/mol. The van der Waals surface area contributed by atoms with Crippen LogP contribution in [0.3, 0.4) is 0 Å². The van der Waals surface area contributed by atoms with Gasteiger partial charge in [-0.2, -0.15) is 9.90 Å². The average Bonchev–Trinajstić information content (AvgIpc) is 2.66. The van der Waals surface area contributed by atoms with E-state index in [1.807, 2.05) is 0 Å². The Labute approximate surface area is 90.1 Å². The Hall–Kier alpha value is -2.24. The average molecular weight is 221 g/mol. The fourth-order valence-corrected chi connectivity index (χ4v) is 1.32. The summed E-state index contributed by atoms with van der Waals surface area (Å²) >= 11 is 0. The lowest BCUT2D eigenvalue weighted by atomic mass is 10.2. The van der Waals surface area contributed by atoms with Crippen LogP contribution in [0.1, 0.15) is 16.1 Å². The normalized spacial score (nSPS) is 10.4. The maximum Gasteiger partial charge on any atom is 0.358 e. The molecule has 0 radical (unpaired) electrons. The first-order chi connectivity index (χ1) is 7.58. The highest BCUT2D eigenvalue weighted by molar-refractivity contribution is 5.84. The van der Waals surface area contributed by atoms with Crippen LogP contribution in [0.15, 0.2) is 24.4 Å². The van der Waals surface area contributed by atoms with Gasteiger partial charge in [0.2, 0.25) is 0 Å². The Kier molecular flexibility index (Phi) is 2.40. The summed E-state index contributed by atoms with van der Waals surface area (Å²) in [5.74, 6) is -1.50. The molecule has 5 nitrogen and oxygen atoms in total. The summed E-state index contributed by atoms with van der Waals surface area (Å²) in [6.07, 6.45) is 1.14. The van der Waals surface area contributed by atoms with Crippen molar-refractivity contribution in [2.75, 3.05) is 0 Å². The number of benzene rings is 1. The van der Waals surface area contributed by atoms with Gasteiger partial charge in [-0.05, 0) is 30.7 Å². The molecule has 0 fully saturated rings. The van der Waals surface area contributed by atoms with Crippen molar-refractivity contribution in [1.29, 1.82) is 0 Å². The molecule has 0 bridgehead atoms. The summed E-state index contributed by atoms with van der Waals surface area (Å²) in [7, 11) is 0. The predicted octanol–water partition coefficient (Wildman–Crippen LogP) is 1.41. The molecule has 0 unspecified atom stereocenters. The van der Waals surface area contributed by atoms with Crippen molar-refractivity contribution in [2.45, 2.75) is 6.92 Å². The molecule has 16 heavy (non-hydrogen) atoms. The van der Waals surface area contributed by atoms with E-state index in [9.17, 15) is 9.18 Å². The van der Waals surface area contributed by atoms with Crippen LogP contribution < -0.4 is 0 Å². The number of aromatic nitrogens is 3. The molecule has 1 heterocycles. The van der Waals surface area contributed by atoms with Crippen LogP contribution in [-0.2, 0) is 0 Å². The van der Waals surface area contributed by atoms with Crippen molar-refractivity contribution in [1.82, 2.24) is 15.0 Å². The van der Waals surface area contributed by atoms with E-state index in [-0.39, 0.29) is 11.5 Å². The van der Waals surface area contributed by atoms with Gasteiger partial charge in [-0.1, -0.05) is 0 Å². The number of aromatic carboxylic acids is 1. The minimum Gasteiger partial charge on any atom is -0.476 e. The predicted molar refractivity (Wildman–Crippen MR) is 53.0 cm³/mol. The summed E-state index contributed by atoms with van der Waals surface area (Å²) in [5.41, 5.74) is 1.03. The third-order valence-corrected chi connectivity index (χ3v) is 2.09. The Bertz CT molecular complexity index is 551. The fourth-order valence-electron chi connectivity index (χ4n) is 1.32. The summed E-state index contributed by atoms with van der Waals surface area (Å²) in [6.45, 7) is 1.70. The number of carboxylic acids is 1. The largest absolute Gasteiger partial charge is 0.476 e. The first kappa shape index (κ1) is 10.3. The fraction of sp³-hybridized carbons (Fsp3) is 0.100. The minimum atomic E-state index is -1.15. The quantitative estimate of drug-likeness (QED) is 0.832. The molecule has 1 aromatic heterocycles. The lowest BCUT2D eigenvalue weighted by molar-refractivity contribution is 0.0690. The van der Waals surface area contributed by atoms with E-state index >= 15 is 0 Å². The standard InChI is InChI=1S/C10H8FN3O2/c1-6-4-7(11)2-3-9(6)14-12-5-8(13-14)10(15)16/h2-5H,1H3,(H,15,16). The lowest BCUT2D eigenvalue weighted by Gasteiger charge is -2.03. The molecule has 0 spiro atoms. The summed E-state index contributed by atoms with van der Waals surface area (Å²) in [6, 6.07) is 4.10. The molecule has 0 aliphatic carbocycles. The van der Waals surface area contributed by atoms with Crippen LogP contribution in [-0.4, -0.2) is 26.1 Å². The van der Waals surface area contributed by atoms with E-state index in [0.717, 1.165) is 11.0 Å². The Morgan fingerprint density at radius 2 is 2.25 bits per heavy atom. The lowest BCUT2D eigenvalue weighted by Crippen LogP contribution is -2.04. The second-order valence-corrected chi connectivity index (χ2v) is 3.26. The van der Waals surface area contributed by atoms with E-state index < -0.39 is 5.97 Å². The first-order valence-electron chi connectivity index (χ1n) is 4.50. The van der Waals surface area contributed by atoms with Gasteiger partial charge in [-0.25, -0.2) is 9.18 Å². The number of hydrogen-bond donors (Lipinski definition) is 1. The van der Waals surface area contributed by atoms with Crippen molar-refractivity contribution in [3.05, 3.63) is 41.5 Å². The second-order valence-electron chi connectivity index (χ2n) is 3.26. The molecule has 0 amide bonds. The van der Waals surface area contributed by atoms with E-state index in [4.69, 9.17) is 5.11 Å². The smallest absolute Gasteiger partial charge is 0.358 e. The second kappa shape index (κ2) is 3.73. The summed E-state index contributed by atoms with van der Waals surface area (Å²) in [4.78, 5) is 11.8. The van der Waals surface area contributed by atoms with Crippen molar-refractivity contribution >= 4 is 5.97 Å². The monoisotopic (exact) mass is 221 g/mol.